The second-order valence-electron chi connectivity index (χ2n) is 3.64. The standard InChI is InChI=1S/C11H16N2/c12-13-8-10-6-3-5-9-4-1-2-7-11(9)10/h3,5-6,13H,1-2,4,7-8,12H2. The van der Waals surface area contributed by atoms with Crippen LogP contribution in [0.15, 0.2) is 18.2 Å². The van der Waals surface area contributed by atoms with Crippen molar-refractivity contribution in [3.8, 4) is 0 Å². The van der Waals surface area contributed by atoms with Crippen LogP contribution in [0.25, 0.3) is 0 Å². The lowest BCUT2D eigenvalue weighted by molar-refractivity contribution is 0.663. The maximum absolute atomic E-state index is 5.34. The molecule has 0 aromatic heterocycles. The van der Waals surface area contributed by atoms with Crippen molar-refractivity contribution in [2.24, 2.45) is 5.84 Å². The SMILES string of the molecule is NNCc1cccc2c1CCCC2. The summed E-state index contributed by atoms with van der Waals surface area (Å²) < 4.78 is 0. The van der Waals surface area contributed by atoms with E-state index in [-0.39, 0.29) is 0 Å². The van der Waals surface area contributed by atoms with Gasteiger partial charge in [0.1, 0.15) is 0 Å². The second-order valence-corrected chi connectivity index (χ2v) is 3.64. The van der Waals surface area contributed by atoms with Gasteiger partial charge in [-0.05, 0) is 42.4 Å². The van der Waals surface area contributed by atoms with E-state index in [0.717, 1.165) is 6.54 Å². The number of aryl methyl sites for hydroxylation is 1. The fourth-order valence-electron chi connectivity index (χ4n) is 2.14. The van der Waals surface area contributed by atoms with Gasteiger partial charge in [0.25, 0.3) is 0 Å². The van der Waals surface area contributed by atoms with E-state index in [1.165, 1.54) is 42.4 Å². The van der Waals surface area contributed by atoms with Crippen molar-refractivity contribution < 1.29 is 0 Å². The van der Waals surface area contributed by atoms with Crippen LogP contribution in [0.1, 0.15) is 29.5 Å². The van der Waals surface area contributed by atoms with E-state index >= 15 is 0 Å². The van der Waals surface area contributed by atoms with Gasteiger partial charge in [-0.15, -0.1) is 0 Å². The van der Waals surface area contributed by atoms with E-state index in [0.29, 0.717) is 0 Å². The van der Waals surface area contributed by atoms with Gasteiger partial charge in [0.15, 0.2) is 0 Å². The number of nitrogens with two attached hydrogens (primary N) is 1. The Labute approximate surface area is 79.1 Å². The molecule has 0 spiro atoms. The van der Waals surface area contributed by atoms with Gasteiger partial charge >= 0.3 is 0 Å². The molecule has 2 rings (SSSR count). The van der Waals surface area contributed by atoms with Gasteiger partial charge in [0.2, 0.25) is 0 Å². The summed E-state index contributed by atoms with van der Waals surface area (Å²) in [5, 5.41) is 0. The molecule has 0 aliphatic heterocycles. The molecule has 0 fully saturated rings. The zero-order chi connectivity index (χ0) is 9.10. The lowest BCUT2D eigenvalue weighted by Gasteiger charge is -2.18. The van der Waals surface area contributed by atoms with Gasteiger partial charge in [-0.25, -0.2) is 0 Å². The van der Waals surface area contributed by atoms with Crippen LogP contribution in [0, 0.1) is 0 Å². The molecule has 0 heterocycles. The van der Waals surface area contributed by atoms with Gasteiger partial charge in [-0.1, -0.05) is 18.2 Å². The van der Waals surface area contributed by atoms with E-state index in [9.17, 15) is 0 Å². The first-order valence-corrected chi connectivity index (χ1v) is 4.95. The van der Waals surface area contributed by atoms with E-state index in [2.05, 4.69) is 23.6 Å². The van der Waals surface area contributed by atoms with E-state index in [1.54, 1.807) is 0 Å². The Morgan fingerprint density at radius 2 is 2.08 bits per heavy atom. The molecular weight excluding hydrogens is 160 g/mol. The number of nitrogens with one attached hydrogen (secondary N) is 1. The zero-order valence-electron chi connectivity index (χ0n) is 7.84. The Morgan fingerprint density at radius 1 is 1.23 bits per heavy atom. The molecular formula is C11H16N2. The first-order valence-electron chi connectivity index (χ1n) is 4.95. The minimum Gasteiger partial charge on any atom is -0.271 e. The van der Waals surface area contributed by atoms with Crippen LogP contribution < -0.4 is 11.3 Å². The van der Waals surface area contributed by atoms with Crippen LogP contribution in [-0.2, 0) is 19.4 Å². The Balaban J connectivity index is 2.34. The molecule has 13 heavy (non-hydrogen) atoms. The van der Waals surface area contributed by atoms with Crippen molar-refractivity contribution in [3.63, 3.8) is 0 Å². The van der Waals surface area contributed by atoms with Crippen LogP contribution in [-0.4, -0.2) is 0 Å². The van der Waals surface area contributed by atoms with Gasteiger partial charge in [0, 0.05) is 6.54 Å². The molecule has 0 amide bonds. The summed E-state index contributed by atoms with van der Waals surface area (Å²) in [5.74, 6) is 5.34. The summed E-state index contributed by atoms with van der Waals surface area (Å²) in [6, 6.07) is 6.55. The average Bonchev–Trinajstić information content (AvgIpc) is 2.19. The number of benzene rings is 1. The van der Waals surface area contributed by atoms with Gasteiger partial charge in [-0.3, -0.25) is 11.3 Å². The smallest absolute Gasteiger partial charge is 0.0351 e. The monoisotopic (exact) mass is 176 g/mol. The maximum Gasteiger partial charge on any atom is 0.0351 e. The average molecular weight is 176 g/mol. The molecule has 70 valence electrons. The Morgan fingerprint density at radius 3 is 2.92 bits per heavy atom. The Bertz CT molecular complexity index is 294. The third-order valence-corrected chi connectivity index (χ3v) is 2.79. The normalized spacial score (nSPS) is 15.5. The van der Waals surface area contributed by atoms with Crippen molar-refractivity contribution >= 4 is 0 Å². The Hall–Kier alpha value is -0.860. The van der Waals surface area contributed by atoms with Crippen molar-refractivity contribution in [3.05, 3.63) is 34.9 Å². The van der Waals surface area contributed by atoms with Crippen LogP contribution in [0.3, 0.4) is 0 Å². The van der Waals surface area contributed by atoms with Crippen molar-refractivity contribution in [1.29, 1.82) is 0 Å². The summed E-state index contributed by atoms with van der Waals surface area (Å²) in [5.41, 5.74) is 7.17. The third-order valence-electron chi connectivity index (χ3n) is 2.79. The summed E-state index contributed by atoms with van der Waals surface area (Å²) in [6.07, 6.45) is 5.14. The van der Waals surface area contributed by atoms with Gasteiger partial charge < -0.3 is 0 Å². The van der Waals surface area contributed by atoms with Crippen LogP contribution in [0.2, 0.25) is 0 Å². The van der Waals surface area contributed by atoms with E-state index in [1.807, 2.05) is 0 Å². The minimum atomic E-state index is 0.795. The number of rotatable bonds is 2. The molecule has 2 heteroatoms. The summed E-state index contributed by atoms with van der Waals surface area (Å²) in [4.78, 5) is 0. The van der Waals surface area contributed by atoms with Gasteiger partial charge in [-0.2, -0.15) is 0 Å². The fourth-order valence-corrected chi connectivity index (χ4v) is 2.14. The fraction of sp³-hybridized carbons (Fsp3) is 0.455. The highest BCUT2D eigenvalue weighted by atomic mass is 15.2. The zero-order valence-corrected chi connectivity index (χ0v) is 7.84. The highest BCUT2D eigenvalue weighted by molar-refractivity contribution is 5.36. The van der Waals surface area contributed by atoms with Crippen molar-refractivity contribution in [2.45, 2.75) is 32.2 Å². The predicted octanol–water partition coefficient (Wildman–Crippen LogP) is 1.53. The molecule has 0 saturated heterocycles. The molecule has 3 N–H and O–H groups in total. The van der Waals surface area contributed by atoms with Crippen molar-refractivity contribution in [2.75, 3.05) is 0 Å². The highest BCUT2D eigenvalue weighted by Crippen LogP contribution is 2.24. The minimum absolute atomic E-state index is 0.795. The molecule has 0 radical (unpaired) electrons. The summed E-state index contributed by atoms with van der Waals surface area (Å²) in [7, 11) is 0. The topological polar surface area (TPSA) is 38.0 Å². The molecule has 0 saturated carbocycles. The molecule has 1 aromatic carbocycles. The maximum atomic E-state index is 5.34. The molecule has 0 bridgehead atoms. The molecule has 2 nitrogen and oxygen atoms in total. The lowest BCUT2D eigenvalue weighted by atomic mass is 9.88. The van der Waals surface area contributed by atoms with Crippen LogP contribution in [0.4, 0.5) is 0 Å². The quantitative estimate of drug-likeness (QED) is 0.529. The molecule has 1 aromatic rings. The summed E-state index contributed by atoms with van der Waals surface area (Å²) in [6.45, 7) is 0.795. The third kappa shape index (κ3) is 1.74. The number of hydrogen-bond acceptors (Lipinski definition) is 2. The number of fused-ring (bicyclic) bond motifs is 1. The predicted molar refractivity (Wildman–Crippen MR) is 54.1 cm³/mol. The molecule has 1 aliphatic carbocycles. The molecule has 0 atom stereocenters. The van der Waals surface area contributed by atoms with Crippen LogP contribution >= 0.6 is 0 Å². The molecule has 0 unspecified atom stereocenters. The first-order chi connectivity index (χ1) is 6.42. The number of hydrogen-bond donors (Lipinski definition) is 2. The Kier molecular flexibility index (Phi) is 2.62. The second kappa shape index (κ2) is 3.90. The largest absolute Gasteiger partial charge is 0.271 e. The van der Waals surface area contributed by atoms with Crippen LogP contribution in [0.5, 0.6) is 0 Å². The molecule has 1 aliphatic rings. The number of hydrazine groups is 1. The lowest BCUT2D eigenvalue weighted by Crippen LogP contribution is -2.22. The summed E-state index contributed by atoms with van der Waals surface area (Å²) >= 11 is 0. The van der Waals surface area contributed by atoms with E-state index < -0.39 is 0 Å². The van der Waals surface area contributed by atoms with E-state index in [4.69, 9.17) is 5.84 Å². The van der Waals surface area contributed by atoms with Crippen molar-refractivity contribution in [1.82, 2.24) is 5.43 Å². The highest BCUT2D eigenvalue weighted by Gasteiger charge is 2.11. The van der Waals surface area contributed by atoms with Gasteiger partial charge in [0.05, 0.1) is 0 Å². The first kappa shape index (κ1) is 8.73.